The van der Waals surface area contributed by atoms with Gasteiger partial charge in [-0.3, -0.25) is 9.78 Å². The normalized spacial score (nSPS) is 24.1. The Morgan fingerprint density at radius 3 is 2.65 bits per heavy atom. The van der Waals surface area contributed by atoms with Gasteiger partial charge in [-0.25, -0.2) is 19.4 Å². The van der Waals surface area contributed by atoms with E-state index in [1.165, 1.54) is 0 Å². The molecule has 48 heavy (non-hydrogen) atoms. The fourth-order valence-corrected chi connectivity index (χ4v) is 7.63. The number of aromatic nitrogens is 5. The molecule has 0 aliphatic carbocycles. The van der Waals surface area contributed by atoms with E-state index in [1.807, 2.05) is 44.6 Å². The smallest absolute Gasteiger partial charge is 0.407 e. The molecule has 0 aromatic carbocycles. The highest BCUT2D eigenvalue weighted by molar-refractivity contribution is 5.88. The van der Waals surface area contributed by atoms with Gasteiger partial charge >= 0.3 is 12.1 Å². The lowest BCUT2D eigenvalue weighted by Gasteiger charge is -2.42. The topological polar surface area (TPSA) is 157 Å². The highest BCUT2D eigenvalue weighted by Gasteiger charge is 2.50. The van der Waals surface area contributed by atoms with Crippen LogP contribution >= 0.6 is 0 Å². The predicted octanol–water partition coefficient (Wildman–Crippen LogP) is 4.53. The van der Waals surface area contributed by atoms with E-state index >= 15 is 0 Å². The highest BCUT2D eigenvalue weighted by atomic mass is 16.6. The summed E-state index contributed by atoms with van der Waals surface area (Å²) in [5, 5.41) is 17.5. The third kappa shape index (κ3) is 6.39. The number of amides is 1. The van der Waals surface area contributed by atoms with Crippen molar-refractivity contribution in [3.8, 4) is 0 Å². The first-order chi connectivity index (χ1) is 23.0. The standard InChI is InChI=1S/C34H46N8O6/c1-21-29(38-32(45)48-33(2,3)4)34(20-47-21)12-15-40(16-13-34)25-19-35-28-30(37-25)42(26-9-5-6-17-46-26)39-31(28)41-14-7-8-23-24(41)11-10-22(36-23)18-27(43)44/h10-11,19,21,26,29H,5-9,12-18,20H2,1-4H3,(H,38,45)(H,43,44)/t21-,26?,29+/m0/s1. The minimum atomic E-state index is -0.897. The maximum atomic E-state index is 12.7. The number of carbonyl (C=O) groups excluding carboxylic acids is 1. The number of ether oxygens (including phenoxy) is 3. The van der Waals surface area contributed by atoms with Gasteiger partial charge in [0, 0.05) is 31.7 Å². The quantitative estimate of drug-likeness (QED) is 0.381. The van der Waals surface area contributed by atoms with Gasteiger partial charge in [-0.2, -0.15) is 0 Å². The Morgan fingerprint density at radius 2 is 1.92 bits per heavy atom. The molecule has 7 rings (SSSR count). The van der Waals surface area contributed by atoms with Crippen molar-refractivity contribution < 1.29 is 28.9 Å². The molecule has 0 bridgehead atoms. The number of piperidine rings is 1. The number of carboxylic acid groups (broad SMARTS) is 1. The molecule has 4 aliphatic rings. The third-order valence-electron chi connectivity index (χ3n) is 10.0. The molecule has 3 aromatic rings. The number of hydrogen-bond acceptors (Lipinski definition) is 11. The van der Waals surface area contributed by atoms with Gasteiger partial charge < -0.3 is 34.4 Å². The Morgan fingerprint density at radius 1 is 1.10 bits per heavy atom. The maximum Gasteiger partial charge on any atom is 0.407 e. The number of hydrogen-bond donors (Lipinski definition) is 2. The van der Waals surface area contributed by atoms with Crippen molar-refractivity contribution in [1.29, 1.82) is 0 Å². The molecule has 3 aromatic heterocycles. The van der Waals surface area contributed by atoms with Gasteiger partial charge in [0.1, 0.15) is 11.4 Å². The second-order valence-corrected chi connectivity index (χ2v) is 14.6. The van der Waals surface area contributed by atoms with Gasteiger partial charge in [-0.1, -0.05) is 0 Å². The molecular weight excluding hydrogens is 616 g/mol. The lowest BCUT2D eigenvalue weighted by Crippen LogP contribution is -2.55. The number of nitrogens with zero attached hydrogens (tertiary/aromatic N) is 7. The summed E-state index contributed by atoms with van der Waals surface area (Å²) in [4.78, 5) is 43.3. The van der Waals surface area contributed by atoms with E-state index in [-0.39, 0.29) is 30.2 Å². The van der Waals surface area contributed by atoms with Crippen LogP contribution in [0.2, 0.25) is 0 Å². The Labute approximate surface area is 280 Å². The van der Waals surface area contributed by atoms with Crippen LogP contribution in [0.3, 0.4) is 0 Å². The minimum Gasteiger partial charge on any atom is -0.481 e. The average molecular weight is 663 g/mol. The maximum absolute atomic E-state index is 12.7. The average Bonchev–Trinajstić information content (AvgIpc) is 3.57. The fraction of sp³-hybridized carbons (Fsp3) is 0.647. The molecule has 3 saturated heterocycles. The van der Waals surface area contributed by atoms with Gasteiger partial charge in [-0.05, 0) is 84.8 Å². The Hall–Kier alpha value is -4.04. The molecule has 1 amide bonds. The summed E-state index contributed by atoms with van der Waals surface area (Å²) in [5.74, 6) is 0.590. The number of carbonyl (C=O) groups is 2. The van der Waals surface area contributed by atoms with Crippen molar-refractivity contribution in [2.24, 2.45) is 5.41 Å². The first-order valence-corrected chi connectivity index (χ1v) is 17.2. The Bertz CT molecular complexity index is 1670. The Kier molecular flexibility index (Phi) is 8.65. The summed E-state index contributed by atoms with van der Waals surface area (Å²) in [6, 6.07) is 3.59. The first-order valence-electron chi connectivity index (χ1n) is 17.2. The van der Waals surface area contributed by atoms with E-state index < -0.39 is 17.7 Å². The fourth-order valence-electron chi connectivity index (χ4n) is 7.63. The van der Waals surface area contributed by atoms with Crippen LogP contribution in [0.25, 0.3) is 11.2 Å². The molecule has 3 fully saturated rings. The molecule has 0 saturated carbocycles. The summed E-state index contributed by atoms with van der Waals surface area (Å²) < 4.78 is 19.8. The largest absolute Gasteiger partial charge is 0.481 e. The van der Waals surface area contributed by atoms with Crippen molar-refractivity contribution in [3.05, 3.63) is 29.7 Å². The van der Waals surface area contributed by atoms with Crippen LogP contribution in [0.1, 0.15) is 83.8 Å². The molecule has 0 radical (unpaired) electrons. The molecule has 4 aliphatic heterocycles. The van der Waals surface area contributed by atoms with Crippen LogP contribution in [-0.4, -0.2) is 92.5 Å². The third-order valence-corrected chi connectivity index (χ3v) is 10.0. The van der Waals surface area contributed by atoms with Crippen molar-refractivity contribution >= 4 is 40.5 Å². The van der Waals surface area contributed by atoms with Crippen molar-refractivity contribution in [2.45, 2.75) is 103 Å². The number of aryl methyl sites for hydroxylation is 1. The number of carboxylic acids is 1. The van der Waals surface area contributed by atoms with Gasteiger partial charge in [0.2, 0.25) is 0 Å². The van der Waals surface area contributed by atoms with E-state index in [1.54, 1.807) is 6.07 Å². The molecule has 258 valence electrons. The summed E-state index contributed by atoms with van der Waals surface area (Å²) in [6.45, 7) is 11.1. The second-order valence-electron chi connectivity index (χ2n) is 14.6. The zero-order chi connectivity index (χ0) is 33.6. The van der Waals surface area contributed by atoms with Gasteiger partial charge in [0.05, 0.1) is 48.4 Å². The molecular formula is C34H46N8O6. The van der Waals surface area contributed by atoms with E-state index in [4.69, 9.17) is 29.3 Å². The Balaban J connectivity index is 1.16. The van der Waals surface area contributed by atoms with Gasteiger partial charge in [-0.15, -0.1) is 5.10 Å². The molecule has 3 atom stereocenters. The van der Waals surface area contributed by atoms with Crippen molar-refractivity contribution in [1.82, 2.24) is 30.0 Å². The summed E-state index contributed by atoms with van der Waals surface area (Å²) in [6.07, 6.45) is 7.17. The molecule has 7 heterocycles. The summed E-state index contributed by atoms with van der Waals surface area (Å²) in [7, 11) is 0. The van der Waals surface area contributed by atoms with Crippen molar-refractivity contribution in [3.63, 3.8) is 0 Å². The molecule has 1 unspecified atom stereocenters. The SMILES string of the molecule is C[C@@H]1OCC2(CCN(c3cnc4c(N5CCCc6nc(CC(=O)O)ccc65)nn(C5CCCCO5)c4n3)CC2)[C@@H]1NC(=O)OC(C)(C)C. The summed E-state index contributed by atoms with van der Waals surface area (Å²) >= 11 is 0. The van der Waals surface area contributed by atoms with Crippen LogP contribution in [0.5, 0.6) is 0 Å². The highest BCUT2D eigenvalue weighted by Crippen LogP contribution is 2.44. The van der Waals surface area contributed by atoms with Crippen LogP contribution in [0.15, 0.2) is 18.3 Å². The van der Waals surface area contributed by atoms with Crippen LogP contribution in [0.4, 0.5) is 22.1 Å². The van der Waals surface area contributed by atoms with E-state index in [9.17, 15) is 14.7 Å². The number of aliphatic carboxylic acids is 1. The lowest BCUT2D eigenvalue weighted by atomic mass is 9.73. The zero-order valence-corrected chi connectivity index (χ0v) is 28.3. The van der Waals surface area contributed by atoms with E-state index in [0.29, 0.717) is 35.9 Å². The van der Waals surface area contributed by atoms with Gasteiger partial charge in [0.15, 0.2) is 23.2 Å². The minimum absolute atomic E-state index is 0.108. The summed E-state index contributed by atoms with van der Waals surface area (Å²) in [5.41, 5.74) is 2.95. The van der Waals surface area contributed by atoms with E-state index in [2.05, 4.69) is 20.1 Å². The van der Waals surface area contributed by atoms with Crippen molar-refractivity contribution in [2.75, 3.05) is 42.6 Å². The number of nitrogens with one attached hydrogen (secondary N) is 1. The predicted molar refractivity (Wildman–Crippen MR) is 178 cm³/mol. The van der Waals surface area contributed by atoms with Gasteiger partial charge in [0.25, 0.3) is 0 Å². The number of rotatable bonds is 6. The molecule has 14 nitrogen and oxygen atoms in total. The zero-order valence-electron chi connectivity index (χ0n) is 28.3. The lowest BCUT2D eigenvalue weighted by molar-refractivity contribution is -0.136. The number of anilines is 3. The number of pyridine rings is 1. The van der Waals surface area contributed by atoms with Crippen LogP contribution in [0, 0.1) is 5.41 Å². The first kappa shape index (κ1) is 32.5. The second kappa shape index (κ2) is 12.8. The van der Waals surface area contributed by atoms with Crippen LogP contribution < -0.4 is 15.1 Å². The van der Waals surface area contributed by atoms with E-state index in [0.717, 1.165) is 81.8 Å². The molecule has 2 N–H and O–H groups in total. The molecule has 1 spiro atoms. The monoisotopic (exact) mass is 662 g/mol. The number of fused-ring (bicyclic) bond motifs is 2. The molecule has 14 heteroatoms. The number of alkyl carbamates (subject to hydrolysis) is 1. The van der Waals surface area contributed by atoms with Crippen LogP contribution in [-0.2, 0) is 31.8 Å².